The largest absolute Gasteiger partial charge is 0.489 e. The first-order valence-electron chi connectivity index (χ1n) is 6.64. The second-order valence-corrected chi connectivity index (χ2v) is 5.66. The zero-order valence-corrected chi connectivity index (χ0v) is 13.5. The molecule has 0 radical (unpaired) electrons. The molecule has 0 fully saturated rings. The maximum Gasteiger partial charge on any atom is 0.323 e. The van der Waals surface area contributed by atoms with Crippen LogP contribution >= 0.6 is 15.9 Å². The predicted octanol–water partition coefficient (Wildman–Crippen LogP) is 4.88. The van der Waals surface area contributed by atoms with E-state index in [9.17, 15) is 4.79 Å². The van der Waals surface area contributed by atoms with Gasteiger partial charge in [0.05, 0.1) is 11.8 Å². The van der Waals surface area contributed by atoms with Gasteiger partial charge in [0.2, 0.25) is 0 Å². The van der Waals surface area contributed by atoms with Crippen molar-refractivity contribution in [1.82, 2.24) is 0 Å². The van der Waals surface area contributed by atoms with E-state index < -0.39 is 0 Å². The summed E-state index contributed by atoms with van der Waals surface area (Å²) in [4.78, 5) is 12.0. The molecule has 2 amide bonds. The lowest BCUT2D eigenvalue weighted by atomic mass is 10.3. The maximum atomic E-state index is 12.0. The molecule has 0 bridgehead atoms. The molecular formula is C16H17BrN2O2. The van der Waals surface area contributed by atoms with Gasteiger partial charge in [-0.25, -0.2) is 4.79 Å². The summed E-state index contributed by atoms with van der Waals surface area (Å²) in [7, 11) is 0. The minimum atomic E-state index is -0.308. The van der Waals surface area contributed by atoms with Crippen LogP contribution in [0.5, 0.6) is 5.75 Å². The van der Waals surface area contributed by atoms with E-state index in [-0.39, 0.29) is 12.1 Å². The van der Waals surface area contributed by atoms with E-state index in [1.54, 1.807) is 6.07 Å². The molecule has 2 aromatic carbocycles. The average molecular weight is 349 g/mol. The van der Waals surface area contributed by atoms with Gasteiger partial charge in [-0.05, 0) is 50.2 Å². The number of carbonyl (C=O) groups excluding carboxylic acids is 1. The third kappa shape index (κ3) is 4.79. The Kier molecular flexibility index (Phi) is 5.22. The summed E-state index contributed by atoms with van der Waals surface area (Å²) in [6.07, 6.45) is 0.0440. The number of ether oxygens (including phenoxy) is 1. The van der Waals surface area contributed by atoms with E-state index in [0.717, 1.165) is 10.2 Å². The fourth-order valence-electron chi connectivity index (χ4n) is 1.74. The Morgan fingerprint density at radius 1 is 1.05 bits per heavy atom. The summed E-state index contributed by atoms with van der Waals surface area (Å²) in [6.45, 7) is 3.89. The quantitative estimate of drug-likeness (QED) is 0.827. The lowest BCUT2D eigenvalue weighted by Crippen LogP contribution is -2.20. The number of para-hydroxylation sites is 2. The standard InChI is InChI=1S/C16H17BrN2O2/c1-11(2)21-15-6-4-3-5-14(15)19-16(20)18-13-9-7-12(17)8-10-13/h3-11H,1-2H3,(H2,18,19,20). The van der Waals surface area contributed by atoms with E-state index in [2.05, 4.69) is 26.6 Å². The van der Waals surface area contributed by atoms with E-state index in [0.29, 0.717) is 11.4 Å². The van der Waals surface area contributed by atoms with Crippen molar-refractivity contribution in [3.8, 4) is 5.75 Å². The normalized spacial score (nSPS) is 10.3. The number of hydrogen-bond acceptors (Lipinski definition) is 2. The van der Waals surface area contributed by atoms with Crippen LogP contribution in [-0.2, 0) is 0 Å². The monoisotopic (exact) mass is 348 g/mol. The molecular weight excluding hydrogens is 332 g/mol. The van der Waals surface area contributed by atoms with Gasteiger partial charge in [-0.1, -0.05) is 28.1 Å². The first-order chi connectivity index (χ1) is 10.0. The lowest BCUT2D eigenvalue weighted by molar-refractivity contribution is 0.243. The van der Waals surface area contributed by atoms with Gasteiger partial charge in [0.15, 0.2) is 0 Å². The average Bonchev–Trinajstić information content (AvgIpc) is 2.43. The molecule has 0 aliphatic rings. The third-order valence-electron chi connectivity index (χ3n) is 2.60. The summed E-state index contributed by atoms with van der Waals surface area (Å²) < 4.78 is 6.63. The molecule has 0 aromatic heterocycles. The van der Waals surface area contributed by atoms with Crippen LogP contribution in [0.3, 0.4) is 0 Å². The molecule has 2 aromatic rings. The van der Waals surface area contributed by atoms with E-state index in [1.165, 1.54) is 0 Å². The number of anilines is 2. The summed E-state index contributed by atoms with van der Waals surface area (Å²) >= 11 is 3.35. The van der Waals surface area contributed by atoms with Crippen molar-refractivity contribution in [2.24, 2.45) is 0 Å². The second kappa shape index (κ2) is 7.13. The molecule has 110 valence electrons. The van der Waals surface area contributed by atoms with Gasteiger partial charge in [-0.2, -0.15) is 0 Å². The molecule has 21 heavy (non-hydrogen) atoms. The van der Waals surface area contributed by atoms with Crippen molar-refractivity contribution < 1.29 is 9.53 Å². The zero-order valence-electron chi connectivity index (χ0n) is 11.9. The van der Waals surface area contributed by atoms with E-state index >= 15 is 0 Å². The summed E-state index contributed by atoms with van der Waals surface area (Å²) in [5.41, 5.74) is 1.36. The van der Waals surface area contributed by atoms with Crippen molar-refractivity contribution in [3.05, 3.63) is 53.0 Å². The Bertz CT molecular complexity index is 612. The predicted molar refractivity (Wildman–Crippen MR) is 89.0 cm³/mol. The Morgan fingerprint density at radius 2 is 1.71 bits per heavy atom. The number of nitrogens with one attached hydrogen (secondary N) is 2. The van der Waals surface area contributed by atoms with Crippen molar-refractivity contribution in [3.63, 3.8) is 0 Å². The zero-order chi connectivity index (χ0) is 15.2. The van der Waals surface area contributed by atoms with Crippen LogP contribution in [0.1, 0.15) is 13.8 Å². The smallest absolute Gasteiger partial charge is 0.323 e. The van der Waals surface area contributed by atoms with Crippen LogP contribution in [0.25, 0.3) is 0 Å². The second-order valence-electron chi connectivity index (χ2n) is 4.75. The molecule has 2 rings (SSSR count). The number of benzene rings is 2. The summed E-state index contributed by atoms with van der Waals surface area (Å²) in [5, 5.41) is 5.56. The highest BCUT2D eigenvalue weighted by atomic mass is 79.9. The van der Waals surface area contributed by atoms with Crippen LogP contribution in [-0.4, -0.2) is 12.1 Å². The number of urea groups is 1. The molecule has 0 saturated heterocycles. The number of hydrogen-bond donors (Lipinski definition) is 2. The highest BCUT2D eigenvalue weighted by molar-refractivity contribution is 9.10. The molecule has 2 N–H and O–H groups in total. The molecule has 0 spiro atoms. The minimum Gasteiger partial charge on any atom is -0.489 e. The van der Waals surface area contributed by atoms with Crippen LogP contribution in [0, 0.1) is 0 Å². The molecule has 4 nitrogen and oxygen atoms in total. The van der Waals surface area contributed by atoms with Crippen molar-refractivity contribution in [1.29, 1.82) is 0 Å². The third-order valence-corrected chi connectivity index (χ3v) is 3.13. The number of carbonyl (C=O) groups is 1. The topological polar surface area (TPSA) is 50.4 Å². The van der Waals surface area contributed by atoms with Gasteiger partial charge in [0.25, 0.3) is 0 Å². The highest BCUT2D eigenvalue weighted by Gasteiger charge is 2.08. The first kappa shape index (κ1) is 15.4. The highest BCUT2D eigenvalue weighted by Crippen LogP contribution is 2.25. The Hall–Kier alpha value is -2.01. The Balaban J connectivity index is 2.04. The van der Waals surface area contributed by atoms with Crippen LogP contribution in [0.4, 0.5) is 16.2 Å². The molecule has 0 aliphatic heterocycles. The number of rotatable bonds is 4. The molecule has 5 heteroatoms. The first-order valence-corrected chi connectivity index (χ1v) is 7.43. The van der Waals surface area contributed by atoms with Crippen LogP contribution < -0.4 is 15.4 Å². The van der Waals surface area contributed by atoms with Gasteiger partial charge in [-0.3, -0.25) is 0 Å². The van der Waals surface area contributed by atoms with E-state index in [1.807, 2.05) is 56.3 Å². The SMILES string of the molecule is CC(C)Oc1ccccc1NC(=O)Nc1ccc(Br)cc1. The fraction of sp³-hybridized carbons (Fsp3) is 0.188. The lowest BCUT2D eigenvalue weighted by Gasteiger charge is -2.15. The van der Waals surface area contributed by atoms with Crippen LogP contribution in [0.15, 0.2) is 53.0 Å². The molecule has 0 saturated carbocycles. The van der Waals surface area contributed by atoms with Gasteiger partial charge >= 0.3 is 6.03 Å². The molecule has 0 aliphatic carbocycles. The molecule has 0 atom stereocenters. The summed E-state index contributed by atoms with van der Waals surface area (Å²) in [6, 6.07) is 14.4. The van der Waals surface area contributed by atoms with Gasteiger partial charge < -0.3 is 15.4 Å². The molecule has 0 heterocycles. The van der Waals surface area contributed by atoms with Crippen molar-refractivity contribution in [2.45, 2.75) is 20.0 Å². The van der Waals surface area contributed by atoms with Gasteiger partial charge in [-0.15, -0.1) is 0 Å². The van der Waals surface area contributed by atoms with Crippen molar-refractivity contribution in [2.75, 3.05) is 10.6 Å². The minimum absolute atomic E-state index is 0.0440. The number of amides is 2. The fourth-order valence-corrected chi connectivity index (χ4v) is 2.01. The summed E-state index contributed by atoms with van der Waals surface area (Å²) in [5.74, 6) is 0.651. The molecule has 0 unspecified atom stereocenters. The van der Waals surface area contributed by atoms with Gasteiger partial charge in [0.1, 0.15) is 5.75 Å². The maximum absolute atomic E-state index is 12.0. The van der Waals surface area contributed by atoms with Crippen LogP contribution in [0.2, 0.25) is 0 Å². The van der Waals surface area contributed by atoms with E-state index in [4.69, 9.17) is 4.74 Å². The Labute approximate surface area is 132 Å². The Morgan fingerprint density at radius 3 is 2.38 bits per heavy atom. The number of halogens is 1. The van der Waals surface area contributed by atoms with Gasteiger partial charge in [0, 0.05) is 10.2 Å². The van der Waals surface area contributed by atoms with Crippen molar-refractivity contribution >= 4 is 33.3 Å².